The van der Waals surface area contributed by atoms with Gasteiger partial charge in [-0.05, 0) is 56.5 Å². The number of hydrogen-bond acceptors (Lipinski definition) is 2. The number of ether oxygens (including phenoxy) is 1. The summed E-state index contributed by atoms with van der Waals surface area (Å²) in [6.07, 6.45) is 6.92. The van der Waals surface area contributed by atoms with E-state index in [1.807, 2.05) is 0 Å². The molecule has 2 aliphatic rings. The lowest BCUT2D eigenvalue weighted by atomic mass is 9.60. The molecule has 0 saturated heterocycles. The first-order valence-electron chi connectivity index (χ1n) is 8.23. The number of aryl methyl sites for hydroxylation is 2. The molecule has 2 fully saturated rings. The summed E-state index contributed by atoms with van der Waals surface area (Å²) >= 11 is 3.63. The van der Waals surface area contributed by atoms with E-state index in [4.69, 9.17) is 4.74 Å². The normalized spacial score (nSPS) is 26.9. The minimum atomic E-state index is 0.393. The fourth-order valence-corrected chi connectivity index (χ4v) is 4.52. The number of halogens is 1. The smallest absolute Gasteiger partial charge is 0.120 e. The monoisotopic (exact) mass is 351 g/mol. The Balaban J connectivity index is 1.76. The van der Waals surface area contributed by atoms with Crippen LogP contribution in [0.3, 0.4) is 0 Å². The van der Waals surface area contributed by atoms with Gasteiger partial charge in [-0.15, -0.1) is 0 Å². The minimum absolute atomic E-state index is 0.393. The third-order valence-corrected chi connectivity index (χ3v) is 6.71. The zero-order valence-electron chi connectivity index (χ0n) is 13.3. The highest BCUT2D eigenvalue weighted by molar-refractivity contribution is 9.10. The lowest BCUT2D eigenvalue weighted by Gasteiger charge is -2.54. The molecule has 0 amide bonds. The van der Waals surface area contributed by atoms with Crippen molar-refractivity contribution in [3.8, 4) is 5.75 Å². The second kappa shape index (κ2) is 5.92. The lowest BCUT2D eigenvalue weighted by Crippen LogP contribution is -2.63. The Labute approximate surface area is 136 Å². The summed E-state index contributed by atoms with van der Waals surface area (Å²) in [5.41, 5.74) is 2.91. The van der Waals surface area contributed by atoms with Crippen LogP contribution in [0.2, 0.25) is 0 Å². The van der Waals surface area contributed by atoms with Gasteiger partial charge in [0, 0.05) is 22.4 Å². The van der Waals surface area contributed by atoms with Crippen LogP contribution in [0.1, 0.15) is 50.2 Å². The van der Waals surface area contributed by atoms with Gasteiger partial charge in [-0.1, -0.05) is 35.7 Å². The topological polar surface area (TPSA) is 21.3 Å². The van der Waals surface area contributed by atoms with Crippen molar-refractivity contribution in [2.75, 3.05) is 6.54 Å². The largest absolute Gasteiger partial charge is 0.490 e. The summed E-state index contributed by atoms with van der Waals surface area (Å²) in [4.78, 5) is 0. The number of rotatable bonds is 4. The highest BCUT2D eigenvalue weighted by Gasteiger charge is 2.57. The van der Waals surface area contributed by atoms with Gasteiger partial charge < -0.3 is 10.1 Å². The molecular weight excluding hydrogens is 326 g/mol. The van der Waals surface area contributed by atoms with Crippen molar-refractivity contribution in [1.29, 1.82) is 0 Å². The van der Waals surface area contributed by atoms with Crippen molar-refractivity contribution in [1.82, 2.24) is 5.32 Å². The minimum Gasteiger partial charge on any atom is -0.490 e. The summed E-state index contributed by atoms with van der Waals surface area (Å²) in [7, 11) is 0. The van der Waals surface area contributed by atoms with E-state index in [0.29, 0.717) is 17.6 Å². The van der Waals surface area contributed by atoms with E-state index in [-0.39, 0.29) is 0 Å². The fraction of sp³-hybridized carbons (Fsp3) is 0.667. The highest BCUT2D eigenvalue weighted by Crippen LogP contribution is 2.54. The van der Waals surface area contributed by atoms with Gasteiger partial charge in [-0.25, -0.2) is 0 Å². The van der Waals surface area contributed by atoms with E-state index in [1.54, 1.807) is 0 Å². The molecule has 2 unspecified atom stereocenters. The van der Waals surface area contributed by atoms with Gasteiger partial charge in [-0.2, -0.15) is 0 Å². The second-order valence-electron chi connectivity index (χ2n) is 6.76. The molecule has 0 bridgehead atoms. The summed E-state index contributed by atoms with van der Waals surface area (Å²) in [5, 5.41) is 3.67. The van der Waals surface area contributed by atoms with Crippen molar-refractivity contribution in [2.24, 2.45) is 5.41 Å². The maximum absolute atomic E-state index is 6.42. The van der Waals surface area contributed by atoms with Crippen LogP contribution >= 0.6 is 15.9 Å². The molecule has 116 valence electrons. The molecule has 0 heterocycles. The Bertz CT molecular complexity index is 499. The summed E-state index contributed by atoms with van der Waals surface area (Å²) in [5.74, 6) is 1.04. The van der Waals surface area contributed by atoms with Gasteiger partial charge in [0.25, 0.3) is 0 Å². The van der Waals surface area contributed by atoms with E-state index >= 15 is 0 Å². The lowest BCUT2D eigenvalue weighted by molar-refractivity contribution is -0.0755. The highest BCUT2D eigenvalue weighted by atomic mass is 79.9. The molecule has 1 aromatic carbocycles. The van der Waals surface area contributed by atoms with Gasteiger partial charge in [0.2, 0.25) is 0 Å². The Morgan fingerprint density at radius 1 is 1.24 bits per heavy atom. The first-order chi connectivity index (χ1) is 10.1. The van der Waals surface area contributed by atoms with Crippen LogP contribution in [-0.4, -0.2) is 18.7 Å². The predicted octanol–water partition coefficient (Wildman–Crippen LogP) is 4.76. The first-order valence-corrected chi connectivity index (χ1v) is 9.03. The van der Waals surface area contributed by atoms with E-state index < -0.39 is 0 Å². The molecule has 0 aliphatic heterocycles. The van der Waals surface area contributed by atoms with Gasteiger partial charge in [0.15, 0.2) is 0 Å². The molecular formula is C18H26BrNO. The molecule has 1 N–H and O–H groups in total. The number of benzene rings is 1. The molecule has 3 heteroatoms. The first kappa shape index (κ1) is 15.4. The van der Waals surface area contributed by atoms with Crippen molar-refractivity contribution >= 4 is 15.9 Å². The molecule has 2 aliphatic carbocycles. The number of hydrogen-bond donors (Lipinski definition) is 1. The van der Waals surface area contributed by atoms with Crippen LogP contribution < -0.4 is 10.1 Å². The molecule has 3 rings (SSSR count). The standard InChI is InChI=1S/C18H26BrNO/c1-4-20-15-11-16(18(15)7-5-6-8-18)21-14-9-12(2)17(19)13(3)10-14/h9-10,15-16,20H,4-8,11H2,1-3H3. The molecule has 2 nitrogen and oxygen atoms in total. The average molecular weight is 352 g/mol. The molecule has 1 spiro atoms. The van der Waals surface area contributed by atoms with E-state index in [2.05, 4.69) is 54.2 Å². The van der Waals surface area contributed by atoms with Gasteiger partial charge in [0.05, 0.1) is 0 Å². The van der Waals surface area contributed by atoms with Gasteiger partial charge >= 0.3 is 0 Å². The SMILES string of the molecule is CCNC1CC(Oc2cc(C)c(Br)c(C)c2)C12CCCC2. The molecule has 2 saturated carbocycles. The molecule has 0 radical (unpaired) electrons. The van der Waals surface area contributed by atoms with Crippen molar-refractivity contribution < 1.29 is 4.74 Å². The van der Waals surface area contributed by atoms with Gasteiger partial charge in [-0.3, -0.25) is 0 Å². The number of nitrogens with one attached hydrogen (secondary N) is 1. The van der Waals surface area contributed by atoms with Crippen LogP contribution in [-0.2, 0) is 0 Å². The maximum atomic E-state index is 6.42. The summed E-state index contributed by atoms with van der Waals surface area (Å²) < 4.78 is 7.62. The average Bonchev–Trinajstić information content (AvgIpc) is 2.96. The van der Waals surface area contributed by atoms with Crippen molar-refractivity contribution in [2.45, 2.75) is 65.0 Å². The quantitative estimate of drug-likeness (QED) is 0.844. The summed E-state index contributed by atoms with van der Waals surface area (Å²) in [6.45, 7) is 7.54. The maximum Gasteiger partial charge on any atom is 0.120 e. The van der Waals surface area contributed by atoms with Crippen LogP contribution in [0.4, 0.5) is 0 Å². The molecule has 1 aromatic rings. The van der Waals surface area contributed by atoms with Crippen molar-refractivity contribution in [3.05, 3.63) is 27.7 Å². The van der Waals surface area contributed by atoms with Crippen LogP contribution in [0.5, 0.6) is 5.75 Å². The van der Waals surface area contributed by atoms with Crippen LogP contribution in [0.25, 0.3) is 0 Å². The van der Waals surface area contributed by atoms with E-state index in [9.17, 15) is 0 Å². The predicted molar refractivity (Wildman–Crippen MR) is 91.0 cm³/mol. The van der Waals surface area contributed by atoms with E-state index in [1.165, 1.54) is 41.3 Å². The zero-order chi connectivity index (χ0) is 15.0. The Morgan fingerprint density at radius 2 is 1.86 bits per heavy atom. The third-order valence-electron chi connectivity index (χ3n) is 5.46. The zero-order valence-corrected chi connectivity index (χ0v) is 14.9. The molecule has 0 aromatic heterocycles. The Hall–Kier alpha value is -0.540. The van der Waals surface area contributed by atoms with Crippen molar-refractivity contribution in [3.63, 3.8) is 0 Å². The Morgan fingerprint density at radius 3 is 2.43 bits per heavy atom. The van der Waals surface area contributed by atoms with Crippen LogP contribution in [0, 0.1) is 19.3 Å². The van der Waals surface area contributed by atoms with E-state index in [0.717, 1.165) is 18.7 Å². The third kappa shape index (κ3) is 2.63. The molecule has 2 atom stereocenters. The van der Waals surface area contributed by atoms with Gasteiger partial charge in [0.1, 0.15) is 11.9 Å². The second-order valence-corrected chi connectivity index (χ2v) is 7.56. The van der Waals surface area contributed by atoms with Crippen LogP contribution in [0.15, 0.2) is 16.6 Å². The molecule has 21 heavy (non-hydrogen) atoms. The fourth-order valence-electron chi connectivity index (χ4n) is 4.29. The Kier molecular flexibility index (Phi) is 4.33. The summed E-state index contributed by atoms with van der Waals surface area (Å²) in [6, 6.07) is 4.99.